The van der Waals surface area contributed by atoms with E-state index in [-0.39, 0.29) is 0 Å². The summed E-state index contributed by atoms with van der Waals surface area (Å²) in [4.78, 5) is 0. The molecule has 0 aliphatic heterocycles. The van der Waals surface area contributed by atoms with E-state index in [2.05, 4.69) is 106 Å². The van der Waals surface area contributed by atoms with Gasteiger partial charge in [-0.15, -0.1) is 0 Å². The maximum Gasteiger partial charge on any atom is -0.00240 e. The molecule has 8 aliphatic rings. The minimum Gasteiger partial charge on any atom is -0.0625 e. The molecule has 1 aromatic carbocycles. The van der Waals surface area contributed by atoms with Gasteiger partial charge in [-0.25, -0.2) is 0 Å². The molecular weight excluding hydrogens is 528 g/mol. The van der Waals surface area contributed by atoms with E-state index in [1.807, 2.05) is 0 Å². The average Bonchev–Trinajstić information content (AvgIpc) is 3.73. The lowest BCUT2D eigenvalue weighted by molar-refractivity contribution is -0.141. The second kappa shape index (κ2) is 14.5. The lowest BCUT2D eigenvalue weighted by atomic mass is 9.41. The fourth-order valence-electron chi connectivity index (χ4n) is 9.26. The van der Waals surface area contributed by atoms with Crippen LogP contribution in [0.5, 0.6) is 0 Å². The van der Waals surface area contributed by atoms with Crippen LogP contribution in [-0.2, 0) is 5.41 Å². The first kappa shape index (κ1) is 36.1. The minimum atomic E-state index is 0.515. The number of rotatable bonds is 6. The lowest BCUT2D eigenvalue weighted by Gasteiger charge is -2.64. The van der Waals surface area contributed by atoms with E-state index in [9.17, 15) is 0 Å². The highest BCUT2D eigenvalue weighted by Crippen LogP contribution is 2.72. The van der Waals surface area contributed by atoms with Crippen molar-refractivity contribution in [2.75, 3.05) is 0 Å². The topological polar surface area (TPSA) is 0 Å². The summed E-state index contributed by atoms with van der Waals surface area (Å²) in [5.74, 6) is 7.94. The van der Waals surface area contributed by atoms with Crippen LogP contribution in [0.4, 0.5) is 0 Å². The van der Waals surface area contributed by atoms with Crippen molar-refractivity contribution in [3.8, 4) is 0 Å². The Balaban J connectivity index is 0.000000128. The standard InChI is InChI=1S/C13H18.2C8H14.C8H16.C7H14/c1-11(2)13(9-6-10-13)12-7-4-3-5-8-12;1-6(2)8-3-7(4-8)5-8;1-6(2)7-5-8(7)3-4-8;1-7(2)8(3)5-4-6-8;1-6(2)7-4-3-5-7/h3-5,7-8,11H,6,9-10H2,1-2H3;2*6-7H,3-5H2,1-2H3;7H,4-6H2,1-3H3;6-7H,3-5H2,1-2H3. The van der Waals surface area contributed by atoms with E-state index in [0.29, 0.717) is 5.41 Å². The van der Waals surface area contributed by atoms with Crippen LogP contribution >= 0.6 is 0 Å². The molecule has 0 saturated heterocycles. The summed E-state index contributed by atoms with van der Waals surface area (Å²) in [7, 11) is 0. The third-order valence-corrected chi connectivity index (χ3v) is 14.9. The van der Waals surface area contributed by atoms with Gasteiger partial charge in [0.05, 0.1) is 0 Å². The summed E-state index contributed by atoms with van der Waals surface area (Å²) in [5.41, 5.74) is 4.59. The predicted molar refractivity (Wildman–Crippen MR) is 195 cm³/mol. The summed E-state index contributed by atoms with van der Waals surface area (Å²) >= 11 is 0. The molecule has 0 amide bonds. The van der Waals surface area contributed by atoms with E-state index < -0.39 is 0 Å². The van der Waals surface area contributed by atoms with E-state index in [1.165, 1.54) is 57.8 Å². The Kier molecular flexibility index (Phi) is 11.9. The largest absolute Gasteiger partial charge is 0.0625 e. The number of hydrogen-bond donors (Lipinski definition) is 0. The van der Waals surface area contributed by atoms with Crippen molar-refractivity contribution in [2.24, 2.45) is 63.6 Å². The Labute approximate surface area is 276 Å². The molecule has 252 valence electrons. The first-order valence-electron chi connectivity index (χ1n) is 19.7. The normalized spacial score (nSPS) is 30.4. The van der Waals surface area contributed by atoms with Gasteiger partial charge in [0.1, 0.15) is 0 Å². The van der Waals surface area contributed by atoms with Crippen LogP contribution in [0.2, 0.25) is 0 Å². The molecule has 1 atom stereocenters. The van der Waals surface area contributed by atoms with Crippen LogP contribution in [-0.4, -0.2) is 0 Å². The minimum absolute atomic E-state index is 0.515. The molecule has 8 aliphatic carbocycles. The zero-order valence-electron chi connectivity index (χ0n) is 31.6. The van der Waals surface area contributed by atoms with Crippen LogP contribution in [0.3, 0.4) is 0 Å². The third kappa shape index (κ3) is 8.19. The molecule has 0 N–H and O–H groups in total. The molecule has 9 rings (SSSR count). The summed E-state index contributed by atoms with van der Waals surface area (Å²) in [6.45, 7) is 25.9. The highest BCUT2D eigenvalue weighted by atomic mass is 14.7. The number of hydrogen-bond acceptors (Lipinski definition) is 0. The van der Waals surface area contributed by atoms with E-state index in [0.717, 1.165) is 63.6 Å². The van der Waals surface area contributed by atoms with Crippen LogP contribution in [0.25, 0.3) is 0 Å². The molecule has 1 unspecified atom stereocenters. The van der Waals surface area contributed by atoms with Crippen molar-refractivity contribution in [1.82, 2.24) is 0 Å². The number of benzene rings is 1. The molecule has 0 nitrogen and oxygen atoms in total. The van der Waals surface area contributed by atoms with E-state index in [1.54, 1.807) is 44.1 Å². The van der Waals surface area contributed by atoms with Crippen LogP contribution in [0.1, 0.15) is 178 Å². The molecule has 44 heavy (non-hydrogen) atoms. The first-order valence-corrected chi connectivity index (χ1v) is 19.7. The van der Waals surface area contributed by atoms with Crippen LogP contribution in [0.15, 0.2) is 30.3 Å². The van der Waals surface area contributed by atoms with Crippen molar-refractivity contribution in [2.45, 2.75) is 178 Å². The Hall–Kier alpha value is -0.780. The first-order chi connectivity index (χ1) is 20.7. The predicted octanol–water partition coefficient (Wildman–Crippen LogP) is 13.9. The van der Waals surface area contributed by atoms with Gasteiger partial charge in [0, 0.05) is 0 Å². The Morgan fingerprint density at radius 2 is 1.11 bits per heavy atom. The highest BCUT2D eigenvalue weighted by molar-refractivity contribution is 5.28. The second-order valence-corrected chi connectivity index (χ2v) is 19.0. The van der Waals surface area contributed by atoms with Crippen molar-refractivity contribution < 1.29 is 0 Å². The fourth-order valence-corrected chi connectivity index (χ4v) is 9.26. The molecule has 0 heteroatoms. The Morgan fingerprint density at radius 1 is 0.568 bits per heavy atom. The monoisotopic (exact) mass is 605 g/mol. The van der Waals surface area contributed by atoms with Gasteiger partial charge < -0.3 is 0 Å². The Morgan fingerprint density at radius 3 is 1.25 bits per heavy atom. The van der Waals surface area contributed by atoms with Gasteiger partial charge in [0.25, 0.3) is 0 Å². The quantitative estimate of drug-likeness (QED) is 0.303. The maximum atomic E-state index is 2.40. The summed E-state index contributed by atoms with van der Waals surface area (Å²) in [6.07, 6.45) is 22.4. The molecule has 1 aromatic rings. The van der Waals surface area contributed by atoms with Crippen molar-refractivity contribution in [3.63, 3.8) is 0 Å². The zero-order valence-corrected chi connectivity index (χ0v) is 31.6. The third-order valence-electron chi connectivity index (χ3n) is 14.9. The zero-order chi connectivity index (χ0) is 32.3. The van der Waals surface area contributed by atoms with Gasteiger partial charge in [-0.3, -0.25) is 0 Å². The average molecular weight is 605 g/mol. The molecule has 0 radical (unpaired) electrons. The van der Waals surface area contributed by atoms with Gasteiger partial charge in [0.15, 0.2) is 0 Å². The molecule has 8 saturated carbocycles. The molecule has 2 bridgehead atoms. The smallest absolute Gasteiger partial charge is 0.00240 e. The summed E-state index contributed by atoms with van der Waals surface area (Å²) < 4.78 is 0. The van der Waals surface area contributed by atoms with Crippen LogP contribution in [0, 0.1) is 63.6 Å². The van der Waals surface area contributed by atoms with Gasteiger partial charge in [-0.2, -0.15) is 0 Å². The van der Waals surface area contributed by atoms with E-state index in [4.69, 9.17) is 0 Å². The second-order valence-electron chi connectivity index (χ2n) is 19.0. The molecular formula is C44H76. The van der Waals surface area contributed by atoms with Gasteiger partial charge in [0.2, 0.25) is 0 Å². The maximum absolute atomic E-state index is 2.40. The molecule has 0 heterocycles. The van der Waals surface area contributed by atoms with Crippen molar-refractivity contribution in [3.05, 3.63) is 35.9 Å². The van der Waals surface area contributed by atoms with Gasteiger partial charge >= 0.3 is 0 Å². The molecule has 8 fully saturated rings. The summed E-state index contributed by atoms with van der Waals surface area (Å²) in [5, 5.41) is 0. The molecule has 1 spiro atoms. The Bertz CT molecular complexity index is 945. The van der Waals surface area contributed by atoms with Crippen LogP contribution < -0.4 is 0 Å². The van der Waals surface area contributed by atoms with Gasteiger partial charge in [-0.1, -0.05) is 139 Å². The lowest BCUT2D eigenvalue weighted by Crippen LogP contribution is -2.54. The summed E-state index contributed by atoms with van der Waals surface area (Å²) in [6, 6.07) is 11.0. The van der Waals surface area contributed by atoms with Crippen molar-refractivity contribution >= 4 is 0 Å². The van der Waals surface area contributed by atoms with Crippen molar-refractivity contribution in [1.29, 1.82) is 0 Å². The fraction of sp³-hybridized carbons (Fsp3) is 0.864. The molecule has 0 aromatic heterocycles. The highest BCUT2D eigenvalue weighted by Gasteiger charge is 2.63. The van der Waals surface area contributed by atoms with E-state index >= 15 is 0 Å². The SMILES string of the molecule is CC(C)C1(C)CCC1.CC(C)C1(c2ccccc2)CCC1.CC(C)C12CC(C1)C2.CC(C)C1CC12CC2.CC(C)C1CCC1. The van der Waals surface area contributed by atoms with Gasteiger partial charge in [-0.05, 0) is 139 Å².